The average Bonchev–Trinajstić information content (AvgIpc) is 2.25. The van der Waals surface area contributed by atoms with Crippen molar-refractivity contribution in [2.45, 2.75) is 12.7 Å². The molecule has 0 saturated carbocycles. The van der Waals surface area contributed by atoms with E-state index in [0.717, 1.165) is 4.68 Å². The Morgan fingerprint density at radius 3 is 2.31 bits per heavy atom. The lowest BCUT2D eigenvalue weighted by atomic mass is 10.3. The summed E-state index contributed by atoms with van der Waals surface area (Å²) in [6.07, 6.45) is -4.40. The number of nitrogens with zero attached hydrogens (tertiary/aromatic N) is 2. The van der Waals surface area contributed by atoms with Crippen LogP contribution >= 0.6 is 22.6 Å². The molecule has 0 amide bonds. The molecule has 0 saturated heterocycles. The Morgan fingerprint density at radius 1 is 1.54 bits per heavy atom. The van der Waals surface area contributed by atoms with Crippen LogP contribution in [0.5, 0.6) is 0 Å². The zero-order chi connectivity index (χ0) is 10.2. The molecule has 3 nitrogen and oxygen atoms in total. The van der Waals surface area contributed by atoms with Gasteiger partial charge in [-0.3, -0.25) is 4.68 Å². The Labute approximate surface area is 86.2 Å². The standard InChI is InChI=1S/C6H7F3IN3/c1-13-3(2-11)4(10)5(12-13)6(7,8)9/h2,11H2,1H3. The lowest BCUT2D eigenvalue weighted by Crippen LogP contribution is -2.08. The predicted molar refractivity (Wildman–Crippen MR) is 48.8 cm³/mol. The smallest absolute Gasteiger partial charge is 0.325 e. The first kappa shape index (κ1) is 10.8. The summed E-state index contributed by atoms with van der Waals surface area (Å²) < 4.78 is 38.0. The number of rotatable bonds is 1. The van der Waals surface area contributed by atoms with Crippen LogP contribution < -0.4 is 5.73 Å². The van der Waals surface area contributed by atoms with Gasteiger partial charge in [-0.05, 0) is 22.6 Å². The van der Waals surface area contributed by atoms with Crippen LogP contribution in [0.4, 0.5) is 13.2 Å². The lowest BCUT2D eigenvalue weighted by Gasteiger charge is -2.01. The molecule has 0 aliphatic carbocycles. The van der Waals surface area contributed by atoms with E-state index in [2.05, 4.69) is 5.10 Å². The summed E-state index contributed by atoms with van der Waals surface area (Å²) in [5.74, 6) is 0. The molecule has 74 valence electrons. The molecule has 1 aromatic rings. The van der Waals surface area contributed by atoms with Crippen molar-refractivity contribution in [3.8, 4) is 0 Å². The van der Waals surface area contributed by atoms with Crippen LogP contribution in [0.25, 0.3) is 0 Å². The molecule has 0 aliphatic heterocycles. The minimum atomic E-state index is -4.40. The molecular formula is C6H7F3IN3. The van der Waals surface area contributed by atoms with Crippen LogP contribution in [-0.2, 0) is 19.8 Å². The van der Waals surface area contributed by atoms with Gasteiger partial charge in [0.1, 0.15) is 0 Å². The fourth-order valence-corrected chi connectivity index (χ4v) is 1.92. The molecule has 0 spiro atoms. The third kappa shape index (κ3) is 1.96. The number of alkyl halides is 3. The van der Waals surface area contributed by atoms with Crippen LogP contribution in [0, 0.1) is 3.57 Å². The molecular weight excluding hydrogens is 298 g/mol. The molecule has 7 heteroatoms. The van der Waals surface area contributed by atoms with E-state index >= 15 is 0 Å². The maximum atomic E-state index is 12.3. The first-order valence-corrected chi connectivity index (χ1v) is 4.44. The fraction of sp³-hybridized carbons (Fsp3) is 0.500. The van der Waals surface area contributed by atoms with Gasteiger partial charge >= 0.3 is 6.18 Å². The van der Waals surface area contributed by atoms with Crippen molar-refractivity contribution >= 4 is 22.6 Å². The van der Waals surface area contributed by atoms with Gasteiger partial charge in [-0.2, -0.15) is 18.3 Å². The quantitative estimate of drug-likeness (QED) is 0.799. The van der Waals surface area contributed by atoms with Crippen molar-refractivity contribution in [1.82, 2.24) is 9.78 Å². The first-order chi connectivity index (χ1) is 5.88. The molecule has 0 aliphatic rings. The Morgan fingerprint density at radius 2 is 2.08 bits per heavy atom. The van der Waals surface area contributed by atoms with E-state index in [-0.39, 0.29) is 10.1 Å². The molecule has 0 bridgehead atoms. The maximum Gasteiger partial charge on any atom is 0.436 e. The number of hydrogen-bond donors (Lipinski definition) is 1. The van der Waals surface area contributed by atoms with Gasteiger partial charge in [-0.1, -0.05) is 0 Å². The molecule has 0 atom stereocenters. The summed E-state index contributed by atoms with van der Waals surface area (Å²) >= 11 is 1.60. The van der Waals surface area contributed by atoms with Crippen molar-refractivity contribution in [2.75, 3.05) is 0 Å². The molecule has 2 N–H and O–H groups in total. The number of halogens is 4. The molecule has 13 heavy (non-hydrogen) atoms. The summed E-state index contributed by atoms with van der Waals surface area (Å²) in [6, 6.07) is 0. The van der Waals surface area contributed by atoms with Crippen molar-refractivity contribution in [3.63, 3.8) is 0 Å². The van der Waals surface area contributed by atoms with E-state index in [1.165, 1.54) is 7.05 Å². The number of nitrogens with two attached hydrogens (primary N) is 1. The Balaban J connectivity index is 3.26. The van der Waals surface area contributed by atoms with Gasteiger partial charge in [-0.15, -0.1) is 0 Å². The summed E-state index contributed by atoms with van der Waals surface area (Å²) in [7, 11) is 1.44. The maximum absolute atomic E-state index is 12.3. The van der Waals surface area contributed by atoms with E-state index in [4.69, 9.17) is 5.73 Å². The van der Waals surface area contributed by atoms with Crippen LogP contribution in [0.1, 0.15) is 11.4 Å². The number of aryl methyl sites for hydroxylation is 1. The summed E-state index contributed by atoms with van der Waals surface area (Å²) in [5, 5.41) is 3.36. The molecule has 1 heterocycles. The zero-order valence-corrected chi connectivity index (χ0v) is 8.85. The van der Waals surface area contributed by atoms with E-state index in [9.17, 15) is 13.2 Å². The average molecular weight is 305 g/mol. The minimum absolute atomic E-state index is 0.0534. The summed E-state index contributed by atoms with van der Waals surface area (Å²) in [5.41, 5.74) is 4.81. The topological polar surface area (TPSA) is 43.8 Å². The number of aromatic nitrogens is 2. The predicted octanol–water partition coefficient (Wildman–Crippen LogP) is 1.50. The largest absolute Gasteiger partial charge is 0.436 e. The van der Waals surface area contributed by atoms with Crippen LogP contribution in [0.15, 0.2) is 0 Å². The lowest BCUT2D eigenvalue weighted by molar-refractivity contribution is -0.142. The van der Waals surface area contributed by atoms with Gasteiger partial charge in [0, 0.05) is 13.6 Å². The second kappa shape index (κ2) is 3.45. The van der Waals surface area contributed by atoms with Gasteiger partial charge in [0.25, 0.3) is 0 Å². The second-order valence-electron chi connectivity index (χ2n) is 2.43. The molecule has 0 fully saturated rings. The molecule has 1 aromatic heterocycles. The van der Waals surface area contributed by atoms with Crippen molar-refractivity contribution < 1.29 is 13.2 Å². The fourth-order valence-electron chi connectivity index (χ4n) is 0.936. The monoisotopic (exact) mass is 305 g/mol. The van der Waals surface area contributed by atoms with Crippen LogP contribution in [-0.4, -0.2) is 9.78 Å². The SMILES string of the molecule is Cn1nc(C(F)(F)F)c(I)c1CN. The third-order valence-corrected chi connectivity index (χ3v) is 2.70. The minimum Gasteiger partial charge on any atom is -0.325 e. The van der Waals surface area contributed by atoms with Gasteiger partial charge in [0.05, 0.1) is 9.26 Å². The van der Waals surface area contributed by atoms with E-state index in [1.807, 2.05) is 0 Å². The highest BCUT2D eigenvalue weighted by Crippen LogP contribution is 2.32. The molecule has 0 radical (unpaired) electrons. The summed E-state index contributed by atoms with van der Waals surface area (Å²) in [6.45, 7) is 0.0534. The normalized spacial score (nSPS) is 12.2. The molecule has 0 unspecified atom stereocenters. The molecule has 0 aromatic carbocycles. The third-order valence-electron chi connectivity index (χ3n) is 1.56. The van der Waals surface area contributed by atoms with Gasteiger partial charge in [-0.25, -0.2) is 0 Å². The van der Waals surface area contributed by atoms with E-state index in [1.54, 1.807) is 22.6 Å². The van der Waals surface area contributed by atoms with Crippen LogP contribution in [0.2, 0.25) is 0 Å². The highest BCUT2D eigenvalue weighted by Gasteiger charge is 2.37. The Hall–Kier alpha value is -0.310. The van der Waals surface area contributed by atoms with Crippen molar-refractivity contribution in [3.05, 3.63) is 15.0 Å². The molecule has 1 rings (SSSR count). The Kier molecular flexibility index (Phi) is 2.85. The van der Waals surface area contributed by atoms with Crippen molar-refractivity contribution in [2.24, 2.45) is 12.8 Å². The number of hydrogen-bond acceptors (Lipinski definition) is 2. The highest BCUT2D eigenvalue weighted by molar-refractivity contribution is 14.1. The van der Waals surface area contributed by atoms with Crippen molar-refractivity contribution in [1.29, 1.82) is 0 Å². The first-order valence-electron chi connectivity index (χ1n) is 3.36. The van der Waals surface area contributed by atoms with Gasteiger partial charge < -0.3 is 5.73 Å². The zero-order valence-electron chi connectivity index (χ0n) is 6.69. The van der Waals surface area contributed by atoms with Gasteiger partial charge in [0.2, 0.25) is 0 Å². The van der Waals surface area contributed by atoms with Gasteiger partial charge in [0.15, 0.2) is 5.69 Å². The Bertz CT molecular complexity index is 318. The van der Waals surface area contributed by atoms with E-state index in [0.29, 0.717) is 5.69 Å². The highest BCUT2D eigenvalue weighted by atomic mass is 127. The summed E-state index contributed by atoms with van der Waals surface area (Å²) in [4.78, 5) is 0. The van der Waals surface area contributed by atoms with Crippen LogP contribution in [0.3, 0.4) is 0 Å². The second-order valence-corrected chi connectivity index (χ2v) is 3.51. The van der Waals surface area contributed by atoms with E-state index < -0.39 is 11.9 Å².